The highest BCUT2D eigenvalue weighted by molar-refractivity contribution is 9.10. The second-order valence-corrected chi connectivity index (χ2v) is 6.89. The molecule has 0 bridgehead atoms. The van der Waals surface area contributed by atoms with Crippen LogP contribution in [0.3, 0.4) is 0 Å². The Labute approximate surface area is 167 Å². The van der Waals surface area contributed by atoms with Gasteiger partial charge in [-0.3, -0.25) is 14.4 Å². The number of methoxy groups -OCH3 is 2. The molecule has 0 aromatic carbocycles. The van der Waals surface area contributed by atoms with Crippen molar-refractivity contribution in [2.75, 3.05) is 27.3 Å². The Hall–Kier alpha value is -2.59. The standard InChI is InChI=1S/C17H17BrN2O6S/c1-24-13-9-26-12(8-11(13)21)15(22)19-5-3-4-6-20-16(23)14-7-10(18)17(25-2)27-14/h3-4,7-9H,5-6H2,1-2H3,(H,19,22)(H,20,23)/b4-3-. The minimum atomic E-state index is -0.529. The molecule has 0 aliphatic heterocycles. The van der Waals surface area contributed by atoms with Crippen LogP contribution in [0.15, 0.2) is 44.2 Å². The monoisotopic (exact) mass is 456 g/mol. The second-order valence-electron chi connectivity index (χ2n) is 5.02. The van der Waals surface area contributed by atoms with Gasteiger partial charge >= 0.3 is 0 Å². The van der Waals surface area contributed by atoms with Crippen LogP contribution in [0.2, 0.25) is 0 Å². The summed E-state index contributed by atoms with van der Waals surface area (Å²) in [4.78, 5) is 36.0. The van der Waals surface area contributed by atoms with Gasteiger partial charge in [0.1, 0.15) is 6.26 Å². The molecule has 2 rings (SSSR count). The van der Waals surface area contributed by atoms with E-state index in [2.05, 4.69) is 26.6 Å². The third-order valence-electron chi connectivity index (χ3n) is 3.23. The lowest BCUT2D eigenvalue weighted by Crippen LogP contribution is -2.25. The van der Waals surface area contributed by atoms with E-state index in [1.165, 1.54) is 25.6 Å². The molecule has 0 aliphatic carbocycles. The third-order valence-corrected chi connectivity index (χ3v) is 5.18. The van der Waals surface area contributed by atoms with Crippen LogP contribution < -0.4 is 25.5 Å². The average Bonchev–Trinajstić information content (AvgIpc) is 3.05. The maximum atomic E-state index is 12.0. The fourth-order valence-electron chi connectivity index (χ4n) is 1.91. The zero-order chi connectivity index (χ0) is 19.8. The van der Waals surface area contributed by atoms with Crippen LogP contribution in [0.5, 0.6) is 10.8 Å². The maximum Gasteiger partial charge on any atom is 0.287 e. The predicted molar refractivity (Wildman–Crippen MR) is 104 cm³/mol. The zero-order valence-electron chi connectivity index (χ0n) is 14.5. The van der Waals surface area contributed by atoms with Crippen molar-refractivity contribution in [2.24, 2.45) is 0 Å². The molecule has 2 heterocycles. The molecule has 0 atom stereocenters. The van der Waals surface area contributed by atoms with Crippen molar-refractivity contribution < 1.29 is 23.5 Å². The molecule has 2 N–H and O–H groups in total. The number of hydrogen-bond acceptors (Lipinski definition) is 7. The number of amides is 2. The molecular weight excluding hydrogens is 440 g/mol. The summed E-state index contributed by atoms with van der Waals surface area (Å²) in [6, 6.07) is 2.75. The number of carbonyl (C=O) groups is 2. The molecule has 0 spiro atoms. The quantitative estimate of drug-likeness (QED) is 0.589. The SMILES string of the molecule is COc1sc(C(=O)NC/C=C\CNC(=O)c2cc(=O)c(OC)co2)cc1Br. The summed E-state index contributed by atoms with van der Waals surface area (Å²) in [5.74, 6) is -0.839. The van der Waals surface area contributed by atoms with Crippen molar-refractivity contribution in [3.63, 3.8) is 0 Å². The number of thiophene rings is 1. The van der Waals surface area contributed by atoms with Gasteiger partial charge in [0.15, 0.2) is 10.8 Å². The Morgan fingerprint density at radius 3 is 2.37 bits per heavy atom. The molecule has 0 fully saturated rings. The Morgan fingerprint density at radius 1 is 1.15 bits per heavy atom. The van der Waals surface area contributed by atoms with Gasteiger partial charge in [-0.15, -0.1) is 0 Å². The molecule has 0 saturated carbocycles. The molecule has 144 valence electrons. The lowest BCUT2D eigenvalue weighted by atomic mass is 10.3. The summed E-state index contributed by atoms with van der Waals surface area (Å²) in [7, 11) is 2.87. The molecule has 27 heavy (non-hydrogen) atoms. The van der Waals surface area contributed by atoms with Gasteiger partial charge in [0.25, 0.3) is 11.8 Å². The molecule has 2 aromatic rings. The van der Waals surface area contributed by atoms with Gasteiger partial charge in [0.05, 0.1) is 23.6 Å². The zero-order valence-corrected chi connectivity index (χ0v) is 16.9. The van der Waals surface area contributed by atoms with Crippen molar-refractivity contribution in [3.8, 4) is 10.8 Å². The maximum absolute atomic E-state index is 12.0. The molecule has 2 amide bonds. The molecule has 0 aliphatic rings. The van der Waals surface area contributed by atoms with E-state index in [-0.39, 0.29) is 24.0 Å². The number of rotatable bonds is 8. The van der Waals surface area contributed by atoms with Crippen molar-refractivity contribution >= 4 is 39.1 Å². The van der Waals surface area contributed by atoms with Crippen LogP contribution in [0.25, 0.3) is 0 Å². The number of carbonyl (C=O) groups excluding carboxylic acids is 2. The largest absolute Gasteiger partial charge is 0.490 e. The number of halogens is 1. The summed E-state index contributed by atoms with van der Waals surface area (Å²) >= 11 is 4.54. The topological polar surface area (TPSA) is 107 Å². The lowest BCUT2D eigenvalue weighted by Gasteiger charge is -2.02. The minimum Gasteiger partial charge on any atom is -0.490 e. The van der Waals surface area contributed by atoms with Crippen molar-refractivity contribution in [3.05, 3.63) is 55.9 Å². The van der Waals surface area contributed by atoms with Crippen LogP contribution in [-0.2, 0) is 0 Å². The molecule has 2 aromatic heterocycles. The van der Waals surface area contributed by atoms with E-state index in [9.17, 15) is 14.4 Å². The Balaban J connectivity index is 1.75. The van der Waals surface area contributed by atoms with Crippen LogP contribution in [-0.4, -0.2) is 39.1 Å². The summed E-state index contributed by atoms with van der Waals surface area (Å²) in [5.41, 5.74) is -0.441. The summed E-state index contributed by atoms with van der Waals surface area (Å²) in [6.45, 7) is 0.507. The van der Waals surface area contributed by atoms with Gasteiger partial charge in [-0.2, -0.15) is 0 Å². The number of hydrogen-bond donors (Lipinski definition) is 2. The summed E-state index contributed by atoms with van der Waals surface area (Å²) < 4.78 is 15.7. The van der Waals surface area contributed by atoms with Gasteiger partial charge in [-0.1, -0.05) is 23.5 Å². The highest BCUT2D eigenvalue weighted by atomic mass is 79.9. The molecular formula is C17H17BrN2O6S. The van der Waals surface area contributed by atoms with Crippen LogP contribution in [0.4, 0.5) is 0 Å². The van der Waals surface area contributed by atoms with E-state index in [0.29, 0.717) is 16.5 Å². The van der Waals surface area contributed by atoms with Crippen LogP contribution >= 0.6 is 27.3 Å². The van der Waals surface area contributed by atoms with Crippen molar-refractivity contribution in [1.82, 2.24) is 10.6 Å². The Morgan fingerprint density at radius 2 is 1.81 bits per heavy atom. The van der Waals surface area contributed by atoms with Crippen LogP contribution in [0, 0.1) is 0 Å². The summed E-state index contributed by atoms with van der Waals surface area (Å²) in [6.07, 6.45) is 4.45. The van der Waals surface area contributed by atoms with E-state index < -0.39 is 11.3 Å². The van der Waals surface area contributed by atoms with Crippen LogP contribution in [0.1, 0.15) is 20.2 Å². The third kappa shape index (κ3) is 5.69. The first-order valence-electron chi connectivity index (χ1n) is 7.67. The number of ether oxygens (including phenoxy) is 2. The van der Waals surface area contributed by atoms with Gasteiger partial charge in [-0.25, -0.2) is 0 Å². The molecule has 8 nitrogen and oxygen atoms in total. The fraction of sp³-hybridized carbons (Fsp3) is 0.235. The highest BCUT2D eigenvalue weighted by Crippen LogP contribution is 2.34. The fourth-order valence-corrected chi connectivity index (χ4v) is 3.48. The molecule has 0 saturated heterocycles. The Kier molecular flexibility index (Phi) is 7.62. The van der Waals surface area contributed by atoms with Crippen molar-refractivity contribution in [1.29, 1.82) is 0 Å². The van der Waals surface area contributed by atoms with E-state index in [4.69, 9.17) is 13.9 Å². The van der Waals surface area contributed by atoms with E-state index >= 15 is 0 Å². The lowest BCUT2D eigenvalue weighted by molar-refractivity contribution is 0.0925. The first-order valence-corrected chi connectivity index (χ1v) is 9.28. The van der Waals surface area contributed by atoms with E-state index in [1.54, 1.807) is 18.2 Å². The predicted octanol–water partition coefficient (Wildman–Crippen LogP) is 2.20. The smallest absolute Gasteiger partial charge is 0.287 e. The molecule has 0 unspecified atom stereocenters. The second kappa shape index (κ2) is 9.93. The minimum absolute atomic E-state index is 0.0255. The first-order chi connectivity index (χ1) is 13.0. The number of nitrogens with one attached hydrogen (secondary N) is 2. The van der Waals surface area contributed by atoms with Gasteiger partial charge in [-0.05, 0) is 22.0 Å². The van der Waals surface area contributed by atoms with Gasteiger partial charge in [0, 0.05) is 19.2 Å². The van der Waals surface area contributed by atoms with E-state index in [0.717, 1.165) is 16.8 Å². The molecule has 0 radical (unpaired) electrons. The first kappa shape index (κ1) is 20.7. The van der Waals surface area contributed by atoms with Gasteiger partial charge < -0.3 is 24.5 Å². The van der Waals surface area contributed by atoms with Gasteiger partial charge in [0.2, 0.25) is 11.2 Å². The van der Waals surface area contributed by atoms with E-state index in [1.807, 2.05) is 0 Å². The average molecular weight is 457 g/mol. The Bertz CT molecular complexity index is 905. The molecule has 10 heteroatoms. The van der Waals surface area contributed by atoms with Crippen molar-refractivity contribution in [2.45, 2.75) is 0 Å². The summed E-state index contributed by atoms with van der Waals surface area (Å²) in [5, 5.41) is 5.92. The normalized spacial score (nSPS) is 10.6. The highest BCUT2D eigenvalue weighted by Gasteiger charge is 2.13.